The van der Waals surface area contributed by atoms with Gasteiger partial charge in [-0.3, -0.25) is 28.8 Å². The van der Waals surface area contributed by atoms with Crippen LogP contribution in [-0.2, 0) is 0 Å². The molecule has 3 heterocycles. The van der Waals surface area contributed by atoms with Crippen LogP contribution >= 0.6 is 34.0 Å². The van der Waals surface area contributed by atoms with Gasteiger partial charge in [-0.05, 0) is 37.1 Å². The number of carbonyl (C=O) groups is 6. The minimum Gasteiger partial charge on any atom is -0.295 e. The van der Waals surface area contributed by atoms with Gasteiger partial charge in [0.25, 0.3) is 0 Å². The fourth-order valence-corrected chi connectivity index (χ4v) is 9.45. The van der Waals surface area contributed by atoms with Crippen molar-refractivity contribution in [3.05, 3.63) is 94.0 Å². The number of ketones is 6. The van der Waals surface area contributed by atoms with Crippen LogP contribution in [0.1, 0.15) is 76.0 Å². The number of benzene rings is 2. The van der Waals surface area contributed by atoms with Gasteiger partial charge in [0.1, 0.15) is 0 Å². The third-order valence-corrected chi connectivity index (χ3v) is 11.9. The van der Waals surface area contributed by atoms with Gasteiger partial charge in [0.05, 0.1) is 32.0 Å². The molecular formula is C34H16F4O6S3. The number of Topliss-reactive ketones (excluding diaryl/α,β-unsaturated/α-hetero) is 6. The standard InChI is InChI=1S/C34H16F4O6S3/c1-13(39)15-3-7-17(8-4-15)25-21-23(31(43)33(35,36)29(21)41)27(46-25)19-11-12-20(45-19)28-24-22(30(42)34(37,38)32(24)44)26(47-28)18-9-5-16(6-10-18)14(2)40/h3-12H,1-2H3. The van der Waals surface area contributed by atoms with Crippen LogP contribution in [0, 0.1) is 0 Å². The lowest BCUT2D eigenvalue weighted by atomic mass is 10.0. The predicted molar refractivity (Wildman–Crippen MR) is 169 cm³/mol. The van der Waals surface area contributed by atoms with Crippen molar-refractivity contribution in [1.82, 2.24) is 0 Å². The highest BCUT2D eigenvalue weighted by Crippen LogP contribution is 2.54. The fraction of sp³-hybridized carbons (Fsp3) is 0.118. The first kappa shape index (κ1) is 30.9. The SMILES string of the molecule is CC(=O)c1ccc(-c2sc(-c3ccc(-c4sc(-c5ccc(C(C)=O)cc5)c5c4C(=O)C(F)(F)C5=O)s3)c3c2C(=O)C(F)(F)C3=O)cc1. The first-order valence-electron chi connectivity index (χ1n) is 13.8. The number of hydrogen-bond donors (Lipinski definition) is 0. The lowest BCUT2D eigenvalue weighted by Gasteiger charge is -2.07. The Morgan fingerprint density at radius 1 is 0.468 bits per heavy atom. The van der Waals surface area contributed by atoms with Crippen molar-refractivity contribution in [2.75, 3.05) is 0 Å². The molecular weight excluding hydrogens is 677 g/mol. The molecule has 0 fully saturated rings. The van der Waals surface area contributed by atoms with Crippen molar-refractivity contribution in [3.8, 4) is 40.4 Å². The average molecular weight is 693 g/mol. The van der Waals surface area contributed by atoms with Crippen LogP contribution in [0.2, 0.25) is 0 Å². The highest BCUT2D eigenvalue weighted by molar-refractivity contribution is 7.28. The third kappa shape index (κ3) is 4.40. The second-order valence-corrected chi connectivity index (χ2v) is 14.0. The van der Waals surface area contributed by atoms with Crippen molar-refractivity contribution in [1.29, 1.82) is 0 Å². The summed E-state index contributed by atoms with van der Waals surface area (Å²) in [5.74, 6) is -15.7. The molecule has 0 radical (unpaired) electrons. The fourth-order valence-electron chi connectivity index (χ4n) is 5.61. The van der Waals surface area contributed by atoms with E-state index in [1.54, 1.807) is 0 Å². The maximum Gasteiger partial charge on any atom is 0.371 e. The van der Waals surface area contributed by atoms with E-state index in [4.69, 9.17) is 0 Å². The second kappa shape index (κ2) is 10.4. The van der Waals surface area contributed by atoms with E-state index < -0.39 is 57.2 Å². The number of hydrogen-bond acceptors (Lipinski definition) is 9. The zero-order chi connectivity index (χ0) is 33.7. The number of carbonyl (C=O) groups excluding carboxylic acids is 6. The van der Waals surface area contributed by atoms with Gasteiger partial charge in [-0.25, -0.2) is 0 Å². The summed E-state index contributed by atoms with van der Waals surface area (Å²) in [7, 11) is 0. The summed E-state index contributed by atoms with van der Waals surface area (Å²) in [5, 5.41) is 0. The Morgan fingerprint density at radius 3 is 1.06 bits per heavy atom. The highest BCUT2D eigenvalue weighted by Gasteiger charge is 2.59. The van der Waals surface area contributed by atoms with Crippen LogP contribution in [-0.4, -0.2) is 46.5 Å². The quantitative estimate of drug-likeness (QED) is 0.100. The van der Waals surface area contributed by atoms with Gasteiger partial charge in [-0.1, -0.05) is 48.5 Å². The highest BCUT2D eigenvalue weighted by atomic mass is 32.1. The molecule has 0 saturated carbocycles. The molecule has 0 spiro atoms. The van der Waals surface area contributed by atoms with Gasteiger partial charge >= 0.3 is 11.8 Å². The van der Waals surface area contributed by atoms with Crippen molar-refractivity contribution in [2.45, 2.75) is 25.7 Å². The largest absolute Gasteiger partial charge is 0.371 e. The first-order chi connectivity index (χ1) is 22.1. The predicted octanol–water partition coefficient (Wildman–Crippen LogP) is 8.97. The Labute approximate surface area is 274 Å². The maximum atomic E-state index is 14.8. The Bertz CT molecular complexity index is 2110. The molecule has 0 saturated heterocycles. The van der Waals surface area contributed by atoms with Crippen molar-refractivity contribution < 1.29 is 46.3 Å². The Balaban J connectivity index is 1.39. The van der Waals surface area contributed by atoms with Crippen molar-refractivity contribution in [3.63, 3.8) is 0 Å². The van der Waals surface area contributed by atoms with E-state index in [9.17, 15) is 46.3 Å². The zero-order valence-corrected chi connectivity index (χ0v) is 26.4. The van der Waals surface area contributed by atoms with E-state index in [-0.39, 0.29) is 40.8 Å². The smallest absolute Gasteiger partial charge is 0.295 e. The molecule has 2 aromatic carbocycles. The molecule has 0 amide bonds. The third-order valence-electron chi connectivity index (χ3n) is 8.03. The molecule has 7 rings (SSSR count). The molecule has 0 N–H and O–H groups in total. The number of fused-ring (bicyclic) bond motifs is 2. The average Bonchev–Trinajstić information content (AvgIpc) is 3.83. The molecule has 0 bridgehead atoms. The van der Waals surface area contributed by atoms with E-state index >= 15 is 0 Å². The lowest BCUT2D eigenvalue weighted by molar-refractivity contribution is 0.0186. The van der Waals surface area contributed by atoms with Gasteiger partial charge in [0, 0.05) is 30.6 Å². The number of alkyl halides is 4. The van der Waals surface area contributed by atoms with Crippen molar-refractivity contribution in [2.24, 2.45) is 0 Å². The van der Waals surface area contributed by atoms with E-state index in [0.717, 1.165) is 34.0 Å². The normalized spacial score (nSPS) is 16.1. The van der Waals surface area contributed by atoms with E-state index in [0.29, 0.717) is 22.3 Å². The molecule has 2 aliphatic carbocycles. The lowest BCUT2D eigenvalue weighted by Crippen LogP contribution is -2.30. The summed E-state index contributed by atoms with van der Waals surface area (Å²) < 4.78 is 59.3. The molecule has 2 aliphatic rings. The summed E-state index contributed by atoms with van der Waals surface area (Å²) in [4.78, 5) is 75.9. The number of rotatable bonds is 6. The van der Waals surface area contributed by atoms with Gasteiger partial charge < -0.3 is 0 Å². The molecule has 0 unspecified atom stereocenters. The zero-order valence-electron chi connectivity index (χ0n) is 24.0. The van der Waals surface area contributed by atoms with Gasteiger partial charge in [0.15, 0.2) is 11.6 Å². The Hall–Kier alpha value is -4.72. The molecule has 0 aliphatic heterocycles. The van der Waals surface area contributed by atoms with Crippen LogP contribution in [0.4, 0.5) is 17.6 Å². The molecule has 13 heteroatoms. The first-order valence-corrected chi connectivity index (χ1v) is 16.2. The van der Waals surface area contributed by atoms with E-state index in [2.05, 4.69) is 0 Å². The summed E-state index contributed by atoms with van der Waals surface area (Å²) >= 11 is 2.76. The molecule has 234 valence electrons. The van der Waals surface area contributed by atoms with Crippen LogP contribution in [0.5, 0.6) is 0 Å². The number of thiophene rings is 3. The summed E-state index contributed by atoms with van der Waals surface area (Å²) in [5.41, 5.74) is -0.447. The van der Waals surface area contributed by atoms with Crippen LogP contribution in [0.15, 0.2) is 60.7 Å². The number of halogens is 4. The second-order valence-electron chi connectivity index (χ2n) is 10.9. The van der Waals surface area contributed by atoms with Gasteiger partial charge in [-0.15, -0.1) is 34.0 Å². The molecule has 3 aromatic heterocycles. The molecule has 47 heavy (non-hydrogen) atoms. The topological polar surface area (TPSA) is 102 Å². The summed E-state index contributed by atoms with van der Waals surface area (Å²) in [6, 6.07) is 14.8. The Kier molecular flexibility index (Phi) is 6.83. The summed E-state index contributed by atoms with van der Waals surface area (Å²) in [6.07, 6.45) is 0. The molecule has 0 atom stereocenters. The van der Waals surface area contributed by atoms with Crippen LogP contribution in [0.3, 0.4) is 0 Å². The summed E-state index contributed by atoms with van der Waals surface area (Å²) in [6.45, 7) is 2.71. The van der Waals surface area contributed by atoms with Crippen LogP contribution < -0.4 is 0 Å². The van der Waals surface area contributed by atoms with E-state index in [1.165, 1.54) is 74.5 Å². The van der Waals surface area contributed by atoms with Crippen molar-refractivity contribution >= 4 is 68.7 Å². The molecule has 5 aromatic rings. The van der Waals surface area contributed by atoms with Crippen LogP contribution in [0.25, 0.3) is 40.4 Å². The minimum atomic E-state index is -4.29. The monoisotopic (exact) mass is 692 g/mol. The van der Waals surface area contributed by atoms with Gasteiger partial charge in [-0.2, -0.15) is 17.6 Å². The Morgan fingerprint density at radius 2 is 0.766 bits per heavy atom. The molecule has 6 nitrogen and oxygen atoms in total. The van der Waals surface area contributed by atoms with E-state index in [1.807, 2.05) is 0 Å². The maximum absolute atomic E-state index is 14.8. The van der Waals surface area contributed by atoms with Gasteiger partial charge in [0.2, 0.25) is 23.1 Å². The minimum absolute atomic E-state index is 0.0541.